The average Bonchev–Trinajstić information content (AvgIpc) is 4.02. The highest BCUT2D eigenvalue weighted by Crippen LogP contribution is 2.50. The van der Waals surface area contributed by atoms with Crippen molar-refractivity contribution in [2.24, 2.45) is 20.5 Å². The highest BCUT2D eigenvalue weighted by atomic mass is 17.0. The molecule has 0 bridgehead atoms. The Hall–Kier alpha value is -9.83. The first kappa shape index (κ1) is 54.9. The molecule has 10 rings (SSSR count). The van der Waals surface area contributed by atoms with Gasteiger partial charge in [0.25, 0.3) is 28.2 Å². The molecule has 1 unspecified atom stereocenters. The van der Waals surface area contributed by atoms with Gasteiger partial charge in [-0.2, -0.15) is 9.84 Å². The largest absolute Gasteiger partial charge is 0.613 e. The van der Waals surface area contributed by atoms with Crippen LogP contribution in [-0.2, 0) is 23.9 Å². The van der Waals surface area contributed by atoms with Crippen LogP contribution in [0, 0.1) is 52.0 Å². The van der Waals surface area contributed by atoms with Gasteiger partial charge in [-0.05, 0) is 69.9 Å². The molecule has 4 aromatic carbocycles. The number of hydrogen-bond donors (Lipinski definition) is 0. The van der Waals surface area contributed by atoms with Gasteiger partial charge >= 0.3 is 6.16 Å². The fourth-order valence-corrected chi connectivity index (χ4v) is 10.4. The van der Waals surface area contributed by atoms with Gasteiger partial charge in [0, 0.05) is 84.5 Å². The lowest BCUT2D eigenvalue weighted by Gasteiger charge is -2.34. The second kappa shape index (κ2) is 21.2. The number of azo groups is 2. The first-order valence-corrected chi connectivity index (χ1v) is 25.9. The van der Waals surface area contributed by atoms with E-state index in [-0.39, 0.29) is 92.3 Å². The minimum Gasteiger partial charge on any atom is -0.384 e. The minimum absolute atomic E-state index is 0.00401. The number of benzene rings is 4. The Bertz CT molecular complexity index is 3760. The van der Waals surface area contributed by atoms with Crippen LogP contribution in [0.25, 0.3) is 4.85 Å². The first-order valence-electron chi connectivity index (χ1n) is 25.9. The number of hydrogen-bond acceptors (Lipinski definition) is 16. The Kier molecular flexibility index (Phi) is 14.6. The zero-order chi connectivity index (χ0) is 57.6. The summed E-state index contributed by atoms with van der Waals surface area (Å²) in [6.07, 6.45) is 1.43. The molecule has 0 fully saturated rings. The summed E-state index contributed by atoms with van der Waals surface area (Å²) in [4.78, 5) is 56.0. The highest BCUT2D eigenvalue weighted by molar-refractivity contribution is 6.04. The van der Waals surface area contributed by atoms with Gasteiger partial charge in [0.15, 0.2) is 22.9 Å². The number of para-hydroxylation sites is 2. The van der Waals surface area contributed by atoms with Crippen molar-refractivity contribution in [2.45, 2.75) is 111 Å². The van der Waals surface area contributed by atoms with Crippen molar-refractivity contribution >= 4 is 56.9 Å². The van der Waals surface area contributed by atoms with E-state index < -0.39 is 38.5 Å². The molecule has 0 saturated heterocycles. The molecule has 408 valence electrons. The van der Waals surface area contributed by atoms with Gasteiger partial charge in [0.05, 0.1) is 21.8 Å². The Morgan fingerprint density at radius 2 is 1.24 bits per heavy atom. The molecule has 1 spiro atoms. The Labute approximate surface area is 459 Å². The quantitative estimate of drug-likeness (QED) is 0.0567. The molecule has 1 atom stereocenters. The third-order valence-electron chi connectivity index (χ3n) is 14.8. The summed E-state index contributed by atoms with van der Waals surface area (Å²) in [5.74, 6) is -1.31. The summed E-state index contributed by atoms with van der Waals surface area (Å²) in [6, 6.07) is 26.0. The number of likely N-dealkylation sites (N-methyl/N-ethyl adjacent to an activating group) is 1. The highest BCUT2D eigenvalue weighted by Gasteiger charge is 2.50. The van der Waals surface area contributed by atoms with E-state index in [4.69, 9.17) is 25.5 Å². The van der Waals surface area contributed by atoms with Crippen LogP contribution in [0.1, 0.15) is 95.0 Å². The van der Waals surface area contributed by atoms with Crippen LogP contribution in [0.2, 0.25) is 0 Å². The van der Waals surface area contributed by atoms with E-state index >= 15 is 0 Å². The van der Waals surface area contributed by atoms with E-state index in [9.17, 15) is 35.1 Å². The number of pyridine rings is 2. The van der Waals surface area contributed by atoms with E-state index in [1.807, 2.05) is 19.9 Å². The van der Waals surface area contributed by atoms with Gasteiger partial charge in [-0.3, -0.25) is 39.0 Å². The number of nitrogens with zero attached hydrogens (tertiary/aromatic N) is 12. The van der Waals surface area contributed by atoms with Gasteiger partial charge in [-0.1, -0.05) is 76.9 Å². The predicted octanol–water partition coefficient (Wildman–Crippen LogP) is 13.2. The molecule has 6 aromatic rings. The molecule has 2 aromatic heterocycles. The monoisotopic (exact) mass is 1080 g/mol. The van der Waals surface area contributed by atoms with Crippen LogP contribution in [0.5, 0.6) is 23.3 Å². The number of unbranched alkanes of at least 4 members (excludes halogenated alkanes) is 2. The Balaban J connectivity index is 0.000000256. The SMILES string of the molecule is CN1C(=CC2=[N+](C)c3ccccc3C2(C)C)C(C)(C)c2ccccc21.[C-]#[N+]c1c(C)c2c(n(CCCC)c1=O)OC1(Oc3ccc([N+](=O)[O-])cc3N=Nc3c(C)c(C#N)c(=O)n(CCCC)c3O1)Oc1ccc([N+](=O)[O-])cc1N=N2. The minimum atomic E-state index is -3.00. The summed E-state index contributed by atoms with van der Waals surface area (Å²) >= 11 is 0. The van der Waals surface area contributed by atoms with E-state index in [1.54, 1.807) is 0 Å². The van der Waals surface area contributed by atoms with Crippen LogP contribution >= 0.6 is 0 Å². The van der Waals surface area contributed by atoms with Crippen LogP contribution in [-0.4, -0.2) is 49.5 Å². The fourth-order valence-electron chi connectivity index (χ4n) is 10.4. The maximum absolute atomic E-state index is 13.9. The number of rotatable bonds is 9. The molecule has 22 heteroatoms. The van der Waals surface area contributed by atoms with Gasteiger partial charge < -0.3 is 23.8 Å². The van der Waals surface area contributed by atoms with Crippen molar-refractivity contribution < 1.29 is 33.4 Å². The van der Waals surface area contributed by atoms with Crippen molar-refractivity contribution in [2.75, 3.05) is 19.0 Å². The summed E-state index contributed by atoms with van der Waals surface area (Å²) in [5, 5.41) is 50.8. The van der Waals surface area contributed by atoms with Gasteiger partial charge in [0.1, 0.15) is 35.7 Å². The number of aromatic nitrogens is 2. The van der Waals surface area contributed by atoms with E-state index in [2.05, 4.69) is 131 Å². The lowest BCUT2D eigenvalue weighted by molar-refractivity contribution is -0.401. The molecule has 0 saturated carbocycles. The van der Waals surface area contributed by atoms with Crippen LogP contribution in [0.4, 0.5) is 51.2 Å². The summed E-state index contributed by atoms with van der Waals surface area (Å²) in [5.41, 5.74) is 4.40. The molecule has 6 heterocycles. The maximum atomic E-state index is 13.9. The van der Waals surface area contributed by atoms with Crippen LogP contribution in [0.15, 0.2) is 127 Å². The van der Waals surface area contributed by atoms with Crippen molar-refractivity contribution in [3.63, 3.8) is 0 Å². The number of non-ortho nitro benzene ring substituents is 2. The molecular weight excluding hydrogens is 1020 g/mol. The smallest absolute Gasteiger partial charge is 0.384 e. The summed E-state index contributed by atoms with van der Waals surface area (Å²) in [7, 11) is 4.38. The predicted molar refractivity (Wildman–Crippen MR) is 298 cm³/mol. The number of anilines is 1. The number of nitro groups is 2. The Morgan fingerprint density at radius 3 is 1.74 bits per heavy atom. The summed E-state index contributed by atoms with van der Waals surface area (Å²) < 4.78 is 30.5. The van der Waals surface area contributed by atoms with Gasteiger partial charge in [0.2, 0.25) is 17.4 Å². The molecule has 0 amide bonds. The number of ether oxygens (including phenoxy) is 4. The molecular formula is C58H57N12O10+. The number of allylic oxidation sites excluding steroid dienone is 2. The van der Waals surface area contributed by atoms with Crippen molar-refractivity contribution in [3.05, 3.63) is 177 Å². The van der Waals surface area contributed by atoms with Gasteiger partial charge in [-0.15, -0.1) is 20.5 Å². The molecule has 4 aliphatic rings. The van der Waals surface area contributed by atoms with Crippen molar-refractivity contribution in [1.82, 2.24) is 9.13 Å². The normalized spacial score (nSPS) is 17.2. The number of fused-ring (bicyclic) bond motifs is 6. The average molecular weight is 1080 g/mol. The van der Waals surface area contributed by atoms with E-state index in [0.29, 0.717) is 25.7 Å². The van der Waals surface area contributed by atoms with E-state index in [1.165, 1.54) is 47.8 Å². The second-order valence-corrected chi connectivity index (χ2v) is 20.6. The molecule has 0 radical (unpaired) electrons. The van der Waals surface area contributed by atoms with Crippen LogP contribution < -0.4 is 35.0 Å². The summed E-state index contributed by atoms with van der Waals surface area (Å²) in [6.45, 7) is 23.7. The zero-order valence-electron chi connectivity index (χ0n) is 45.9. The molecule has 22 nitrogen and oxygen atoms in total. The fraction of sp³-hybridized carbons (Fsp3) is 0.328. The molecule has 4 aliphatic heterocycles. The van der Waals surface area contributed by atoms with Crippen molar-refractivity contribution in [1.29, 1.82) is 5.26 Å². The number of nitro benzene ring substituents is 2. The van der Waals surface area contributed by atoms with Crippen molar-refractivity contribution in [3.8, 4) is 29.3 Å². The van der Waals surface area contributed by atoms with Gasteiger partial charge in [-0.25, -0.2) is 4.85 Å². The van der Waals surface area contributed by atoms with Crippen LogP contribution in [0.3, 0.4) is 0 Å². The zero-order valence-corrected chi connectivity index (χ0v) is 45.9. The number of nitriles is 1. The van der Waals surface area contributed by atoms with E-state index in [0.717, 1.165) is 45.5 Å². The second-order valence-electron chi connectivity index (χ2n) is 20.6. The molecule has 0 aliphatic carbocycles. The Morgan fingerprint density at radius 1 is 0.725 bits per heavy atom. The molecule has 80 heavy (non-hydrogen) atoms. The first-order chi connectivity index (χ1) is 38.1. The lowest BCUT2D eigenvalue weighted by Crippen LogP contribution is -2.55. The third kappa shape index (κ3) is 9.47. The third-order valence-corrected chi connectivity index (χ3v) is 14.8. The standard InChI is InChI=1S/C35H30N10O10.C23H27N2/c1-6-8-14-42-31(46)23(18-36)19(3)29-33(42)54-35(52-26-12-10-21(44(48)49)16-24(26)38-40-29)53-27-13-11-22(45(50)51)17-25(27)39-41-30-20(4)28(37-5)32(47)43(15-9-7-2)34(30)55-35;1-22(2)16-11-7-9-13-18(16)24(5)20(22)15-21-23(3,4)17-12-8-10-14-19(17)25(21)6/h10-13,16-17H,6-9,14-15H2,1-4H3;7-15H,1-6H3/q;+1. The lowest BCUT2D eigenvalue weighted by atomic mass is 9.78. The molecule has 0 N–H and O–H groups in total. The topological polar surface area (TPSA) is 251 Å². The maximum Gasteiger partial charge on any atom is 0.613 e.